The number of carbonyl (C=O) groups is 1. The molecular formula is C16H14F2O. The molecule has 0 aliphatic carbocycles. The Balaban J connectivity index is 2.43. The first-order valence-corrected chi connectivity index (χ1v) is 6.06. The fourth-order valence-electron chi connectivity index (χ4n) is 1.99. The number of hydrogen-bond acceptors (Lipinski definition) is 1. The van der Waals surface area contributed by atoms with Crippen molar-refractivity contribution >= 4 is 5.78 Å². The van der Waals surface area contributed by atoms with Gasteiger partial charge < -0.3 is 0 Å². The van der Waals surface area contributed by atoms with Crippen LogP contribution < -0.4 is 0 Å². The minimum Gasteiger partial charge on any atom is -0.293 e. The van der Waals surface area contributed by atoms with E-state index < -0.39 is 28.9 Å². The Hall–Kier alpha value is -2.03. The molecule has 1 nitrogen and oxygen atoms in total. The van der Waals surface area contributed by atoms with Crippen molar-refractivity contribution < 1.29 is 13.6 Å². The van der Waals surface area contributed by atoms with Gasteiger partial charge in [-0.15, -0.1) is 0 Å². The van der Waals surface area contributed by atoms with Crippen LogP contribution in [0.2, 0.25) is 0 Å². The molecule has 0 aliphatic rings. The molecular weight excluding hydrogens is 246 g/mol. The molecule has 2 aromatic carbocycles. The van der Waals surface area contributed by atoms with E-state index in [9.17, 15) is 13.6 Å². The zero-order valence-corrected chi connectivity index (χ0v) is 10.8. The lowest BCUT2D eigenvalue weighted by Crippen LogP contribution is -2.14. The van der Waals surface area contributed by atoms with Gasteiger partial charge in [0, 0.05) is 5.92 Å². The zero-order valence-electron chi connectivity index (χ0n) is 10.8. The van der Waals surface area contributed by atoms with E-state index >= 15 is 0 Å². The van der Waals surface area contributed by atoms with Gasteiger partial charge in [0.15, 0.2) is 5.78 Å². The molecule has 3 heteroatoms. The first-order valence-electron chi connectivity index (χ1n) is 6.06. The smallest absolute Gasteiger partial charge is 0.175 e. The van der Waals surface area contributed by atoms with Gasteiger partial charge in [0.2, 0.25) is 0 Å². The van der Waals surface area contributed by atoms with Crippen molar-refractivity contribution in [2.75, 3.05) is 0 Å². The molecule has 1 atom stereocenters. The van der Waals surface area contributed by atoms with Crippen molar-refractivity contribution in [2.24, 2.45) is 0 Å². The SMILES string of the molecule is Cc1ccc(F)c(C(=O)C(C)c2ccccc2)c1F. The normalized spacial score (nSPS) is 12.2. The minimum absolute atomic E-state index is 0.269. The molecule has 0 fully saturated rings. The molecule has 0 aromatic heterocycles. The van der Waals surface area contributed by atoms with Crippen LogP contribution in [0.25, 0.3) is 0 Å². The number of benzene rings is 2. The maximum atomic E-state index is 13.9. The molecule has 2 aromatic rings. The molecule has 1 unspecified atom stereocenters. The third-order valence-electron chi connectivity index (χ3n) is 3.22. The number of carbonyl (C=O) groups excluding carboxylic acids is 1. The van der Waals surface area contributed by atoms with E-state index in [1.807, 2.05) is 6.07 Å². The summed E-state index contributed by atoms with van der Waals surface area (Å²) >= 11 is 0. The lowest BCUT2D eigenvalue weighted by atomic mass is 9.91. The monoisotopic (exact) mass is 260 g/mol. The van der Waals surface area contributed by atoms with Crippen LogP contribution >= 0.6 is 0 Å². The van der Waals surface area contributed by atoms with Crippen LogP contribution in [0.15, 0.2) is 42.5 Å². The Morgan fingerprint density at radius 2 is 1.68 bits per heavy atom. The summed E-state index contributed by atoms with van der Waals surface area (Å²) in [5.41, 5.74) is 0.564. The highest BCUT2D eigenvalue weighted by Gasteiger charge is 2.24. The van der Waals surface area contributed by atoms with E-state index in [2.05, 4.69) is 0 Å². The Labute approximate surface area is 110 Å². The second-order valence-corrected chi connectivity index (χ2v) is 4.55. The van der Waals surface area contributed by atoms with E-state index in [-0.39, 0.29) is 5.56 Å². The van der Waals surface area contributed by atoms with Crippen LogP contribution in [0.4, 0.5) is 8.78 Å². The molecule has 0 spiro atoms. The minimum atomic E-state index is -0.809. The standard InChI is InChI=1S/C16H14F2O/c1-10-8-9-13(17)14(15(10)18)16(19)11(2)12-6-4-3-5-7-12/h3-9,11H,1-2H3. The summed E-state index contributed by atoms with van der Waals surface area (Å²) in [6.45, 7) is 3.16. The van der Waals surface area contributed by atoms with Crippen LogP contribution in [0.5, 0.6) is 0 Å². The first kappa shape index (κ1) is 13.4. The maximum absolute atomic E-state index is 13.9. The van der Waals surface area contributed by atoms with Crippen LogP contribution in [-0.4, -0.2) is 5.78 Å². The molecule has 0 saturated heterocycles. The quantitative estimate of drug-likeness (QED) is 0.753. The van der Waals surface area contributed by atoms with Crippen LogP contribution in [0, 0.1) is 18.6 Å². The highest BCUT2D eigenvalue weighted by atomic mass is 19.1. The van der Waals surface area contributed by atoms with Gasteiger partial charge in [0.1, 0.15) is 11.6 Å². The lowest BCUT2D eigenvalue weighted by Gasteiger charge is -2.13. The van der Waals surface area contributed by atoms with Crippen molar-refractivity contribution in [1.29, 1.82) is 0 Å². The number of Topliss-reactive ketones (excluding diaryl/α,β-unsaturated/α-hetero) is 1. The van der Waals surface area contributed by atoms with Crippen molar-refractivity contribution in [2.45, 2.75) is 19.8 Å². The van der Waals surface area contributed by atoms with Gasteiger partial charge in [-0.05, 0) is 24.1 Å². The second-order valence-electron chi connectivity index (χ2n) is 4.55. The second kappa shape index (κ2) is 5.31. The molecule has 0 heterocycles. The largest absolute Gasteiger partial charge is 0.293 e. The summed E-state index contributed by atoms with van der Waals surface area (Å²) in [4.78, 5) is 12.3. The fraction of sp³-hybridized carbons (Fsp3) is 0.188. The highest BCUT2D eigenvalue weighted by molar-refractivity contribution is 6.01. The Morgan fingerprint density at radius 1 is 1.05 bits per heavy atom. The summed E-state index contributed by atoms with van der Waals surface area (Å²) in [6.07, 6.45) is 0. The molecule has 19 heavy (non-hydrogen) atoms. The summed E-state index contributed by atoms with van der Waals surface area (Å²) in [7, 11) is 0. The van der Waals surface area contributed by atoms with Gasteiger partial charge in [-0.25, -0.2) is 8.78 Å². The molecule has 0 aliphatic heterocycles. The van der Waals surface area contributed by atoms with E-state index in [4.69, 9.17) is 0 Å². The van der Waals surface area contributed by atoms with Gasteiger partial charge in [-0.1, -0.05) is 43.3 Å². The third-order valence-corrected chi connectivity index (χ3v) is 3.22. The molecule has 98 valence electrons. The van der Waals surface area contributed by atoms with E-state index in [0.717, 1.165) is 11.6 Å². The highest BCUT2D eigenvalue weighted by Crippen LogP contribution is 2.25. The van der Waals surface area contributed by atoms with Crippen LogP contribution in [0.1, 0.15) is 34.3 Å². The van der Waals surface area contributed by atoms with Crippen molar-refractivity contribution in [1.82, 2.24) is 0 Å². The number of rotatable bonds is 3. The average Bonchev–Trinajstić information content (AvgIpc) is 2.43. The van der Waals surface area contributed by atoms with Gasteiger partial charge in [-0.2, -0.15) is 0 Å². The van der Waals surface area contributed by atoms with E-state index in [1.165, 1.54) is 13.0 Å². The summed E-state index contributed by atoms with van der Waals surface area (Å²) < 4.78 is 27.6. The number of hydrogen-bond donors (Lipinski definition) is 0. The lowest BCUT2D eigenvalue weighted by molar-refractivity contribution is 0.0957. The molecule has 0 amide bonds. The molecule has 0 N–H and O–H groups in total. The fourth-order valence-corrected chi connectivity index (χ4v) is 1.99. The van der Waals surface area contributed by atoms with Crippen LogP contribution in [0.3, 0.4) is 0 Å². The predicted molar refractivity (Wildman–Crippen MR) is 70.3 cm³/mol. The summed E-state index contributed by atoms with van der Waals surface area (Å²) in [6, 6.07) is 11.4. The Kier molecular flexibility index (Phi) is 3.74. The average molecular weight is 260 g/mol. The molecule has 0 radical (unpaired) electrons. The van der Waals surface area contributed by atoms with Gasteiger partial charge in [0.25, 0.3) is 0 Å². The first-order chi connectivity index (χ1) is 9.02. The number of ketones is 1. The van der Waals surface area contributed by atoms with E-state index in [0.29, 0.717) is 0 Å². The summed E-state index contributed by atoms with van der Waals surface area (Å²) in [5.74, 6) is -2.69. The Bertz CT molecular complexity index is 606. The number of aryl methyl sites for hydroxylation is 1. The van der Waals surface area contributed by atoms with Gasteiger partial charge >= 0.3 is 0 Å². The maximum Gasteiger partial charge on any atom is 0.175 e. The van der Waals surface area contributed by atoms with Crippen molar-refractivity contribution in [3.8, 4) is 0 Å². The number of halogens is 2. The molecule has 0 saturated carbocycles. The predicted octanol–water partition coefficient (Wildman–Crippen LogP) is 4.26. The third kappa shape index (κ3) is 2.55. The van der Waals surface area contributed by atoms with Gasteiger partial charge in [0.05, 0.1) is 5.56 Å². The molecule has 2 rings (SSSR count). The van der Waals surface area contributed by atoms with E-state index in [1.54, 1.807) is 31.2 Å². The van der Waals surface area contributed by atoms with Crippen molar-refractivity contribution in [3.05, 3.63) is 70.8 Å². The van der Waals surface area contributed by atoms with Crippen LogP contribution in [-0.2, 0) is 0 Å². The Morgan fingerprint density at radius 3 is 2.32 bits per heavy atom. The topological polar surface area (TPSA) is 17.1 Å². The van der Waals surface area contributed by atoms with Crippen molar-refractivity contribution in [3.63, 3.8) is 0 Å². The summed E-state index contributed by atoms with van der Waals surface area (Å²) in [5, 5.41) is 0. The zero-order chi connectivity index (χ0) is 14.0. The van der Waals surface area contributed by atoms with Gasteiger partial charge in [-0.3, -0.25) is 4.79 Å². The molecule has 0 bridgehead atoms.